The van der Waals surface area contributed by atoms with Crippen LogP contribution < -0.4 is 4.90 Å². The number of likely N-dealkylation sites (tertiary alicyclic amines) is 1. The van der Waals surface area contributed by atoms with Gasteiger partial charge in [-0.3, -0.25) is 4.79 Å². The Hall–Kier alpha value is -2.41. The quantitative estimate of drug-likeness (QED) is 0.895. The smallest absolute Gasteiger partial charge is 0.254 e. The van der Waals surface area contributed by atoms with E-state index in [2.05, 4.69) is 15.0 Å². The SMILES string of the molecule is Cc1noc([C@H]2C[C@@H](O)CN2C(=O)c2ccc3c(c2)N(C)CC3)n1. The van der Waals surface area contributed by atoms with Crippen LogP contribution in [0.5, 0.6) is 0 Å². The Balaban J connectivity index is 1.64. The van der Waals surface area contributed by atoms with Gasteiger partial charge < -0.3 is 19.4 Å². The lowest BCUT2D eigenvalue weighted by molar-refractivity contribution is 0.0693. The molecule has 1 fully saturated rings. The van der Waals surface area contributed by atoms with Crippen molar-refractivity contribution >= 4 is 11.6 Å². The van der Waals surface area contributed by atoms with E-state index in [1.807, 2.05) is 25.2 Å². The summed E-state index contributed by atoms with van der Waals surface area (Å²) in [7, 11) is 2.03. The topological polar surface area (TPSA) is 82.7 Å². The summed E-state index contributed by atoms with van der Waals surface area (Å²) in [6.45, 7) is 2.98. The number of aliphatic hydroxyl groups excluding tert-OH is 1. The summed E-state index contributed by atoms with van der Waals surface area (Å²) in [6.07, 6.45) is 0.841. The zero-order valence-electron chi connectivity index (χ0n) is 13.8. The lowest BCUT2D eigenvalue weighted by Gasteiger charge is -2.22. The number of carbonyl (C=O) groups is 1. The van der Waals surface area contributed by atoms with Gasteiger partial charge in [-0.05, 0) is 31.0 Å². The molecule has 1 aromatic heterocycles. The van der Waals surface area contributed by atoms with Crippen LogP contribution in [0.15, 0.2) is 22.7 Å². The van der Waals surface area contributed by atoms with E-state index in [-0.39, 0.29) is 18.5 Å². The van der Waals surface area contributed by atoms with Crippen molar-refractivity contribution in [2.24, 2.45) is 0 Å². The molecule has 1 aromatic carbocycles. The lowest BCUT2D eigenvalue weighted by atomic mass is 10.1. The monoisotopic (exact) mass is 328 g/mol. The van der Waals surface area contributed by atoms with Crippen LogP contribution >= 0.6 is 0 Å². The van der Waals surface area contributed by atoms with E-state index < -0.39 is 6.10 Å². The molecule has 7 heteroatoms. The van der Waals surface area contributed by atoms with Gasteiger partial charge in [0, 0.05) is 37.8 Å². The van der Waals surface area contributed by atoms with E-state index in [0.29, 0.717) is 23.7 Å². The summed E-state index contributed by atoms with van der Waals surface area (Å²) in [5.74, 6) is 0.795. The van der Waals surface area contributed by atoms with Gasteiger partial charge in [-0.2, -0.15) is 4.98 Å². The molecule has 0 bridgehead atoms. The zero-order chi connectivity index (χ0) is 16.8. The van der Waals surface area contributed by atoms with E-state index in [1.54, 1.807) is 11.8 Å². The third-order valence-electron chi connectivity index (χ3n) is 4.83. The minimum Gasteiger partial charge on any atom is -0.391 e. The Morgan fingerprint density at radius 3 is 3.00 bits per heavy atom. The van der Waals surface area contributed by atoms with Gasteiger partial charge in [-0.15, -0.1) is 0 Å². The van der Waals surface area contributed by atoms with Crippen molar-refractivity contribution < 1.29 is 14.4 Å². The summed E-state index contributed by atoms with van der Waals surface area (Å²) in [4.78, 5) is 21.0. The van der Waals surface area contributed by atoms with Gasteiger partial charge in [0.1, 0.15) is 6.04 Å². The van der Waals surface area contributed by atoms with E-state index >= 15 is 0 Å². The molecule has 3 heterocycles. The highest BCUT2D eigenvalue weighted by molar-refractivity contribution is 5.96. The minimum absolute atomic E-state index is 0.115. The fourth-order valence-corrected chi connectivity index (χ4v) is 3.56. The summed E-state index contributed by atoms with van der Waals surface area (Å²) in [5.41, 5.74) is 2.99. The van der Waals surface area contributed by atoms with Crippen molar-refractivity contribution in [3.63, 3.8) is 0 Å². The molecule has 0 aliphatic carbocycles. The van der Waals surface area contributed by atoms with Crippen LogP contribution in [-0.4, -0.2) is 52.3 Å². The maximum absolute atomic E-state index is 13.0. The fraction of sp³-hybridized carbons (Fsp3) is 0.471. The first-order valence-electron chi connectivity index (χ1n) is 8.16. The number of hydrogen-bond acceptors (Lipinski definition) is 6. The Labute approximate surface area is 139 Å². The summed E-state index contributed by atoms with van der Waals surface area (Å²) < 4.78 is 5.23. The second-order valence-corrected chi connectivity index (χ2v) is 6.56. The first-order chi connectivity index (χ1) is 11.5. The first-order valence-corrected chi connectivity index (χ1v) is 8.16. The van der Waals surface area contributed by atoms with Gasteiger partial charge in [0.05, 0.1) is 6.10 Å². The molecule has 0 spiro atoms. The molecule has 2 aliphatic rings. The molecule has 4 rings (SSSR count). The van der Waals surface area contributed by atoms with Crippen LogP contribution in [0.4, 0.5) is 5.69 Å². The molecule has 1 saturated heterocycles. The number of amides is 1. The lowest BCUT2D eigenvalue weighted by Crippen LogP contribution is -2.32. The number of anilines is 1. The van der Waals surface area contributed by atoms with Crippen molar-refractivity contribution in [1.82, 2.24) is 15.0 Å². The number of carbonyl (C=O) groups excluding carboxylic acids is 1. The fourth-order valence-electron chi connectivity index (χ4n) is 3.56. The normalized spacial score (nSPS) is 23.0. The van der Waals surface area contributed by atoms with Gasteiger partial charge in [0.25, 0.3) is 5.91 Å². The number of aromatic nitrogens is 2. The maximum atomic E-state index is 13.0. The molecule has 1 N–H and O–H groups in total. The predicted molar refractivity (Wildman–Crippen MR) is 86.9 cm³/mol. The standard InChI is InChI=1S/C17H20N4O3/c1-10-18-16(24-19-10)15-8-13(22)9-21(15)17(23)12-4-3-11-5-6-20(2)14(11)7-12/h3-4,7,13,15,22H,5-6,8-9H2,1-2H3/t13-,15-/m1/s1. The Morgan fingerprint density at radius 1 is 1.42 bits per heavy atom. The van der Waals surface area contributed by atoms with E-state index in [1.165, 1.54) is 5.56 Å². The third kappa shape index (κ3) is 2.45. The van der Waals surface area contributed by atoms with Crippen molar-refractivity contribution in [2.45, 2.75) is 31.9 Å². The molecule has 2 atom stereocenters. The minimum atomic E-state index is -0.580. The second-order valence-electron chi connectivity index (χ2n) is 6.56. The molecule has 0 saturated carbocycles. The number of aryl methyl sites for hydroxylation is 1. The molecular weight excluding hydrogens is 308 g/mol. The molecular formula is C17H20N4O3. The van der Waals surface area contributed by atoms with Crippen LogP contribution in [0.25, 0.3) is 0 Å². The number of hydrogen-bond donors (Lipinski definition) is 1. The maximum Gasteiger partial charge on any atom is 0.254 e. The molecule has 0 radical (unpaired) electrons. The summed E-state index contributed by atoms with van der Waals surface area (Å²) >= 11 is 0. The van der Waals surface area contributed by atoms with Crippen molar-refractivity contribution in [1.29, 1.82) is 0 Å². The number of rotatable bonds is 2. The van der Waals surface area contributed by atoms with Crippen molar-refractivity contribution in [3.8, 4) is 0 Å². The second kappa shape index (κ2) is 5.59. The average molecular weight is 328 g/mol. The van der Waals surface area contributed by atoms with Crippen LogP contribution in [-0.2, 0) is 6.42 Å². The van der Waals surface area contributed by atoms with E-state index in [0.717, 1.165) is 18.7 Å². The number of fused-ring (bicyclic) bond motifs is 1. The van der Waals surface area contributed by atoms with E-state index in [9.17, 15) is 9.90 Å². The Bertz CT molecular complexity index is 788. The van der Waals surface area contributed by atoms with Crippen molar-refractivity contribution in [2.75, 3.05) is 25.0 Å². The molecule has 2 aromatic rings. The highest BCUT2D eigenvalue weighted by Crippen LogP contribution is 2.34. The van der Waals surface area contributed by atoms with Gasteiger partial charge in [0.2, 0.25) is 5.89 Å². The average Bonchev–Trinajstić information content (AvgIpc) is 3.26. The zero-order valence-corrected chi connectivity index (χ0v) is 13.8. The predicted octanol–water partition coefficient (Wildman–Crippen LogP) is 1.32. The van der Waals surface area contributed by atoms with Crippen LogP contribution in [0.3, 0.4) is 0 Å². The van der Waals surface area contributed by atoms with Crippen LogP contribution in [0, 0.1) is 6.92 Å². The van der Waals surface area contributed by atoms with Gasteiger partial charge in [-0.25, -0.2) is 0 Å². The molecule has 2 aliphatic heterocycles. The largest absolute Gasteiger partial charge is 0.391 e. The van der Waals surface area contributed by atoms with Gasteiger partial charge >= 0.3 is 0 Å². The number of β-amino-alcohol motifs (C(OH)–C–C–N with tert-alkyl or cyclic N) is 1. The number of aliphatic hydroxyl groups is 1. The summed E-state index contributed by atoms with van der Waals surface area (Å²) in [6, 6.07) is 5.44. The molecule has 0 unspecified atom stereocenters. The van der Waals surface area contributed by atoms with Gasteiger partial charge in [0.15, 0.2) is 5.82 Å². The Morgan fingerprint density at radius 2 is 2.25 bits per heavy atom. The highest BCUT2D eigenvalue weighted by atomic mass is 16.5. The summed E-state index contributed by atoms with van der Waals surface area (Å²) in [5, 5.41) is 13.8. The van der Waals surface area contributed by atoms with Gasteiger partial charge in [-0.1, -0.05) is 11.2 Å². The van der Waals surface area contributed by atoms with Crippen LogP contribution in [0.1, 0.15) is 40.1 Å². The first kappa shape index (κ1) is 15.1. The Kier molecular flexibility index (Phi) is 3.53. The molecule has 1 amide bonds. The highest BCUT2D eigenvalue weighted by Gasteiger charge is 2.39. The number of benzene rings is 1. The van der Waals surface area contributed by atoms with E-state index in [4.69, 9.17) is 4.52 Å². The third-order valence-corrected chi connectivity index (χ3v) is 4.83. The van der Waals surface area contributed by atoms with Crippen molar-refractivity contribution in [3.05, 3.63) is 41.0 Å². The molecule has 24 heavy (non-hydrogen) atoms. The molecule has 126 valence electrons. The molecule has 7 nitrogen and oxygen atoms in total. The number of nitrogens with zero attached hydrogens (tertiary/aromatic N) is 4. The number of likely N-dealkylation sites (N-methyl/N-ethyl adjacent to an activating group) is 1. The van der Waals surface area contributed by atoms with Crippen LogP contribution in [0.2, 0.25) is 0 Å².